The zero-order valence-corrected chi connectivity index (χ0v) is 6.73. The molecular formula is C7H12ClNO. The van der Waals surface area contributed by atoms with E-state index >= 15 is 0 Å². The summed E-state index contributed by atoms with van der Waals surface area (Å²) in [6, 6.07) is 0. The lowest BCUT2D eigenvalue weighted by Gasteiger charge is -2.24. The van der Waals surface area contributed by atoms with E-state index in [2.05, 4.69) is 4.90 Å². The van der Waals surface area contributed by atoms with Crippen LogP contribution < -0.4 is 0 Å². The minimum absolute atomic E-state index is 0.234. The van der Waals surface area contributed by atoms with Crippen LogP contribution in [0.15, 0.2) is 0 Å². The Balaban J connectivity index is 2.19. The maximum atomic E-state index is 10.4. The minimum Gasteiger partial charge on any atom is -0.295 e. The number of hydrogen-bond donors (Lipinski definition) is 0. The van der Waals surface area contributed by atoms with Gasteiger partial charge in [0.25, 0.3) is 0 Å². The van der Waals surface area contributed by atoms with Gasteiger partial charge < -0.3 is 0 Å². The van der Waals surface area contributed by atoms with Crippen LogP contribution in [-0.2, 0) is 4.79 Å². The molecule has 0 unspecified atom stereocenters. The second-order valence-corrected chi connectivity index (χ2v) is 3.11. The van der Waals surface area contributed by atoms with Gasteiger partial charge >= 0.3 is 0 Å². The standard InChI is InChI=1S/C7H12ClNO/c8-7(10)6-9-4-2-1-3-5-9/h1-6H2. The summed E-state index contributed by atoms with van der Waals surface area (Å²) in [5.41, 5.74) is 0. The molecule has 0 bridgehead atoms. The topological polar surface area (TPSA) is 20.3 Å². The van der Waals surface area contributed by atoms with Crippen LogP contribution in [0, 0.1) is 0 Å². The van der Waals surface area contributed by atoms with Crippen LogP contribution in [0.3, 0.4) is 0 Å². The number of nitrogens with zero attached hydrogens (tertiary/aromatic N) is 1. The minimum atomic E-state index is -0.234. The third-order valence-corrected chi connectivity index (χ3v) is 1.92. The highest BCUT2D eigenvalue weighted by atomic mass is 35.5. The van der Waals surface area contributed by atoms with E-state index in [1.807, 2.05) is 0 Å². The highest BCUT2D eigenvalue weighted by Crippen LogP contribution is 2.07. The Hall–Kier alpha value is -0.0800. The molecule has 0 N–H and O–H groups in total. The average molecular weight is 162 g/mol. The predicted molar refractivity (Wildman–Crippen MR) is 41.2 cm³/mol. The Bertz CT molecular complexity index is 121. The first-order valence-electron chi connectivity index (χ1n) is 3.70. The van der Waals surface area contributed by atoms with Gasteiger partial charge in [0.2, 0.25) is 5.24 Å². The monoisotopic (exact) mass is 161 g/mol. The summed E-state index contributed by atoms with van der Waals surface area (Å²) in [4.78, 5) is 12.5. The van der Waals surface area contributed by atoms with Crippen molar-refractivity contribution >= 4 is 16.8 Å². The molecule has 0 amide bonds. The maximum Gasteiger partial charge on any atom is 0.235 e. The lowest BCUT2D eigenvalue weighted by molar-refractivity contribution is -0.112. The van der Waals surface area contributed by atoms with Gasteiger partial charge in [-0.2, -0.15) is 0 Å². The molecule has 1 aliphatic rings. The molecule has 2 nitrogen and oxygen atoms in total. The van der Waals surface area contributed by atoms with Gasteiger partial charge in [0.05, 0.1) is 6.54 Å². The lowest BCUT2D eigenvalue weighted by atomic mass is 10.1. The quantitative estimate of drug-likeness (QED) is 0.568. The van der Waals surface area contributed by atoms with Gasteiger partial charge in [0, 0.05) is 0 Å². The van der Waals surface area contributed by atoms with E-state index in [0.717, 1.165) is 13.1 Å². The summed E-state index contributed by atoms with van der Waals surface area (Å²) in [7, 11) is 0. The van der Waals surface area contributed by atoms with E-state index in [1.54, 1.807) is 0 Å². The van der Waals surface area contributed by atoms with Gasteiger partial charge in [-0.25, -0.2) is 0 Å². The molecule has 0 radical (unpaired) electrons. The molecule has 0 aromatic carbocycles. The number of halogens is 1. The van der Waals surface area contributed by atoms with Crippen LogP contribution in [0.4, 0.5) is 0 Å². The zero-order chi connectivity index (χ0) is 7.40. The summed E-state index contributed by atoms with van der Waals surface area (Å²) >= 11 is 5.23. The molecule has 0 spiro atoms. The van der Waals surface area contributed by atoms with Gasteiger partial charge in [-0.3, -0.25) is 9.69 Å². The van der Waals surface area contributed by atoms with Crippen molar-refractivity contribution in [3.8, 4) is 0 Å². The van der Waals surface area contributed by atoms with Gasteiger partial charge in [0.15, 0.2) is 0 Å². The maximum absolute atomic E-state index is 10.4. The summed E-state index contributed by atoms with van der Waals surface area (Å²) in [5.74, 6) is 0. The smallest absolute Gasteiger partial charge is 0.235 e. The zero-order valence-electron chi connectivity index (χ0n) is 5.98. The van der Waals surface area contributed by atoms with Crippen LogP contribution in [0.5, 0.6) is 0 Å². The SMILES string of the molecule is O=C(Cl)CN1CCCCC1. The summed E-state index contributed by atoms with van der Waals surface area (Å²) in [6.45, 7) is 2.51. The number of rotatable bonds is 2. The molecule has 0 atom stereocenters. The molecule has 0 saturated carbocycles. The van der Waals surface area contributed by atoms with Crippen molar-refractivity contribution in [2.24, 2.45) is 0 Å². The predicted octanol–water partition coefficient (Wildman–Crippen LogP) is 1.24. The molecule has 1 saturated heterocycles. The fourth-order valence-electron chi connectivity index (χ4n) is 1.29. The largest absolute Gasteiger partial charge is 0.295 e. The fourth-order valence-corrected chi connectivity index (χ4v) is 1.46. The van der Waals surface area contributed by atoms with Gasteiger partial charge in [-0.1, -0.05) is 6.42 Å². The first kappa shape index (κ1) is 8.02. The van der Waals surface area contributed by atoms with Crippen LogP contribution in [0.1, 0.15) is 19.3 Å². The molecule has 0 aliphatic carbocycles. The van der Waals surface area contributed by atoms with Gasteiger partial charge in [0.1, 0.15) is 0 Å². The summed E-state index contributed by atoms with van der Waals surface area (Å²) < 4.78 is 0. The Morgan fingerprint density at radius 2 is 1.90 bits per heavy atom. The number of carbonyl (C=O) groups excluding carboxylic acids is 1. The Morgan fingerprint density at radius 3 is 2.40 bits per heavy atom. The molecule has 10 heavy (non-hydrogen) atoms. The molecule has 1 heterocycles. The van der Waals surface area contributed by atoms with E-state index in [9.17, 15) is 4.79 Å². The number of piperidine rings is 1. The number of likely N-dealkylation sites (tertiary alicyclic amines) is 1. The van der Waals surface area contributed by atoms with E-state index in [1.165, 1.54) is 19.3 Å². The molecule has 1 fully saturated rings. The highest BCUT2D eigenvalue weighted by molar-refractivity contribution is 6.64. The first-order valence-corrected chi connectivity index (χ1v) is 4.07. The molecule has 0 aromatic heterocycles. The van der Waals surface area contributed by atoms with Crippen LogP contribution >= 0.6 is 11.6 Å². The molecule has 3 heteroatoms. The molecule has 1 aliphatic heterocycles. The second kappa shape index (κ2) is 3.94. The Kier molecular flexibility index (Phi) is 3.16. The fraction of sp³-hybridized carbons (Fsp3) is 0.857. The molecule has 1 rings (SSSR count). The molecular weight excluding hydrogens is 150 g/mol. The Labute approximate surface area is 66.1 Å². The summed E-state index contributed by atoms with van der Waals surface area (Å²) in [6.07, 6.45) is 3.72. The van der Waals surface area contributed by atoms with Crippen LogP contribution in [0.2, 0.25) is 0 Å². The second-order valence-electron chi connectivity index (χ2n) is 2.69. The van der Waals surface area contributed by atoms with Crippen LogP contribution in [0.25, 0.3) is 0 Å². The van der Waals surface area contributed by atoms with Crippen molar-refractivity contribution in [1.82, 2.24) is 4.90 Å². The van der Waals surface area contributed by atoms with Crippen molar-refractivity contribution in [1.29, 1.82) is 0 Å². The Morgan fingerprint density at radius 1 is 1.30 bits per heavy atom. The van der Waals surface area contributed by atoms with Crippen molar-refractivity contribution < 1.29 is 4.79 Å². The number of carbonyl (C=O) groups is 1. The first-order chi connectivity index (χ1) is 4.79. The van der Waals surface area contributed by atoms with Gasteiger partial charge in [-0.15, -0.1) is 0 Å². The van der Waals surface area contributed by atoms with E-state index in [4.69, 9.17) is 11.6 Å². The normalized spacial score (nSPS) is 20.9. The van der Waals surface area contributed by atoms with E-state index in [0.29, 0.717) is 6.54 Å². The third kappa shape index (κ3) is 2.67. The lowest BCUT2D eigenvalue weighted by Crippen LogP contribution is -2.32. The molecule has 0 aromatic rings. The molecule has 58 valence electrons. The van der Waals surface area contributed by atoms with Crippen molar-refractivity contribution in [2.45, 2.75) is 19.3 Å². The highest BCUT2D eigenvalue weighted by Gasteiger charge is 2.11. The van der Waals surface area contributed by atoms with Gasteiger partial charge in [-0.05, 0) is 37.5 Å². The van der Waals surface area contributed by atoms with Crippen molar-refractivity contribution in [3.63, 3.8) is 0 Å². The van der Waals surface area contributed by atoms with E-state index in [-0.39, 0.29) is 5.24 Å². The number of hydrogen-bond acceptors (Lipinski definition) is 2. The van der Waals surface area contributed by atoms with E-state index < -0.39 is 0 Å². The average Bonchev–Trinajstić information content (AvgIpc) is 1.88. The third-order valence-electron chi connectivity index (χ3n) is 1.80. The van der Waals surface area contributed by atoms with Crippen molar-refractivity contribution in [3.05, 3.63) is 0 Å². The van der Waals surface area contributed by atoms with Crippen molar-refractivity contribution in [2.75, 3.05) is 19.6 Å². The van der Waals surface area contributed by atoms with Crippen LogP contribution in [-0.4, -0.2) is 29.8 Å². The summed E-state index contributed by atoms with van der Waals surface area (Å²) in [5, 5.41) is -0.234.